The molecule has 0 aromatic carbocycles. The van der Waals surface area contributed by atoms with E-state index in [1.54, 1.807) is 24.1 Å². The number of halogens is 1. The largest absolute Gasteiger partial charge is 0.308 e. The Morgan fingerprint density at radius 2 is 2.28 bits per heavy atom. The number of nitrogens with one attached hydrogen (secondary N) is 1. The lowest BCUT2D eigenvalue weighted by atomic mass is 10.4. The summed E-state index contributed by atoms with van der Waals surface area (Å²) in [5.74, 6) is -0.572. The quantitative estimate of drug-likeness (QED) is 0.849. The lowest BCUT2D eigenvalue weighted by Crippen LogP contribution is -2.15. The highest BCUT2D eigenvalue weighted by atomic mass is 19.1. The fourth-order valence-corrected chi connectivity index (χ4v) is 1.61. The summed E-state index contributed by atoms with van der Waals surface area (Å²) >= 11 is 0. The third-order valence-electron chi connectivity index (χ3n) is 2.71. The minimum Gasteiger partial charge on any atom is -0.308 e. The number of aryl methyl sites for hydroxylation is 1. The highest BCUT2D eigenvalue weighted by molar-refractivity contribution is 5.93. The molecule has 1 aliphatic rings. The second kappa shape index (κ2) is 3.90. The standard InChI is InChI=1S/C10H11FN6O/c1-16-5-6(3-12-16)17-13-4-9(15-17)14-10(18)7-2-8(7)11/h3-5,7-8H,2H2,1H3,(H,14,15,18)/t7-,8+/m1/s1. The third-order valence-corrected chi connectivity index (χ3v) is 2.71. The number of anilines is 1. The van der Waals surface area contributed by atoms with Crippen LogP contribution in [0.5, 0.6) is 0 Å². The van der Waals surface area contributed by atoms with E-state index >= 15 is 0 Å². The van der Waals surface area contributed by atoms with Crippen LogP contribution in [-0.4, -0.2) is 36.9 Å². The molecule has 1 amide bonds. The molecule has 18 heavy (non-hydrogen) atoms. The van der Waals surface area contributed by atoms with E-state index in [2.05, 4.69) is 20.6 Å². The van der Waals surface area contributed by atoms with E-state index in [-0.39, 0.29) is 5.91 Å². The molecule has 2 aromatic rings. The molecule has 2 heterocycles. The topological polar surface area (TPSA) is 77.6 Å². The molecule has 0 saturated heterocycles. The van der Waals surface area contributed by atoms with Crippen LogP contribution >= 0.6 is 0 Å². The van der Waals surface area contributed by atoms with Gasteiger partial charge < -0.3 is 5.32 Å². The number of hydrogen-bond donors (Lipinski definition) is 1. The summed E-state index contributed by atoms with van der Waals surface area (Å²) in [6, 6.07) is 0. The maximum Gasteiger partial charge on any atom is 0.231 e. The molecule has 94 valence electrons. The third kappa shape index (κ3) is 1.96. The Hall–Kier alpha value is -2.25. The van der Waals surface area contributed by atoms with E-state index in [1.807, 2.05) is 0 Å². The molecule has 0 unspecified atom stereocenters. The summed E-state index contributed by atoms with van der Waals surface area (Å²) in [5.41, 5.74) is 0.688. The first-order valence-electron chi connectivity index (χ1n) is 5.50. The lowest BCUT2D eigenvalue weighted by molar-refractivity contribution is -0.117. The van der Waals surface area contributed by atoms with Crippen LogP contribution in [0.25, 0.3) is 5.69 Å². The van der Waals surface area contributed by atoms with Gasteiger partial charge in [-0.1, -0.05) is 0 Å². The van der Waals surface area contributed by atoms with Gasteiger partial charge in [0.25, 0.3) is 0 Å². The molecule has 0 bridgehead atoms. The van der Waals surface area contributed by atoms with Gasteiger partial charge in [0.1, 0.15) is 11.9 Å². The Bertz CT molecular complexity index is 591. The van der Waals surface area contributed by atoms with E-state index in [0.29, 0.717) is 17.9 Å². The van der Waals surface area contributed by atoms with E-state index in [4.69, 9.17) is 0 Å². The second-order valence-electron chi connectivity index (χ2n) is 4.24. The summed E-state index contributed by atoms with van der Waals surface area (Å²) < 4.78 is 14.3. The van der Waals surface area contributed by atoms with Gasteiger partial charge >= 0.3 is 0 Å². The minimum absolute atomic E-state index is 0.294. The normalized spacial score (nSPS) is 21.9. The fraction of sp³-hybridized carbons (Fsp3) is 0.400. The van der Waals surface area contributed by atoms with Gasteiger partial charge in [-0.2, -0.15) is 10.2 Å². The molecule has 1 saturated carbocycles. The Morgan fingerprint density at radius 1 is 1.50 bits per heavy atom. The maximum absolute atomic E-state index is 12.7. The molecule has 0 spiro atoms. The van der Waals surface area contributed by atoms with E-state index < -0.39 is 12.1 Å². The molecular weight excluding hydrogens is 239 g/mol. The van der Waals surface area contributed by atoms with Crippen molar-refractivity contribution in [1.82, 2.24) is 24.8 Å². The highest BCUT2D eigenvalue weighted by Gasteiger charge is 2.43. The van der Waals surface area contributed by atoms with Gasteiger partial charge in [0.05, 0.1) is 24.5 Å². The van der Waals surface area contributed by atoms with Gasteiger partial charge in [-0.25, -0.2) is 4.39 Å². The lowest BCUT2D eigenvalue weighted by Gasteiger charge is -1.97. The van der Waals surface area contributed by atoms with Crippen LogP contribution in [0.4, 0.5) is 10.2 Å². The Morgan fingerprint density at radius 3 is 2.89 bits per heavy atom. The molecule has 7 nitrogen and oxygen atoms in total. The molecule has 3 rings (SSSR count). The Kier molecular flexibility index (Phi) is 2.35. The van der Waals surface area contributed by atoms with Crippen molar-refractivity contribution in [1.29, 1.82) is 0 Å². The zero-order chi connectivity index (χ0) is 12.7. The second-order valence-corrected chi connectivity index (χ2v) is 4.24. The van der Waals surface area contributed by atoms with Crippen molar-refractivity contribution in [2.45, 2.75) is 12.6 Å². The van der Waals surface area contributed by atoms with Crippen molar-refractivity contribution < 1.29 is 9.18 Å². The molecule has 8 heteroatoms. The van der Waals surface area contributed by atoms with Crippen molar-refractivity contribution in [2.75, 3.05) is 5.32 Å². The molecule has 2 aromatic heterocycles. The summed E-state index contributed by atoms with van der Waals surface area (Å²) in [6.07, 6.45) is 4.04. The van der Waals surface area contributed by atoms with Crippen molar-refractivity contribution in [3.05, 3.63) is 18.6 Å². The smallest absolute Gasteiger partial charge is 0.231 e. The number of amides is 1. The van der Waals surface area contributed by atoms with Crippen molar-refractivity contribution in [2.24, 2.45) is 13.0 Å². The average molecular weight is 250 g/mol. The van der Waals surface area contributed by atoms with Crippen molar-refractivity contribution in [3.8, 4) is 5.69 Å². The summed E-state index contributed by atoms with van der Waals surface area (Å²) in [4.78, 5) is 12.8. The monoisotopic (exact) mass is 250 g/mol. The molecule has 1 aliphatic carbocycles. The van der Waals surface area contributed by atoms with E-state index in [0.717, 1.165) is 0 Å². The number of rotatable bonds is 3. The van der Waals surface area contributed by atoms with Crippen LogP contribution < -0.4 is 5.32 Å². The number of aromatic nitrogens is 5. The predicted molar refractivity (Wildman–Crippen MR) is 59.8 cm³/mol. The number of hydrogen-bond acceptors (Lipinski definition) is 4. The molecular formula is C10H11FN6O. The van der Waals surface area contributed by atoms with E-state index in [9.17, 15) is 9.18 Å². The van der Waals surface area contributed by atoms with Crippen LogP contribution in [-0.2, 0) is 11.8 Å². The minimum atomic E-state index is -1.02. The van der Waals surface area contributed by atoms with Crippen LogP contribution in [0.3, 0.4) is 0 Å². The summed E-state index contributed by atoms with van der Waals surface area (Å²) in [6.45, 7) is 0. The van der Waals surface area contributed by atoms with Gasteiger partial charge in [-0.05, 0) is 6.42 Å². The van der Waals surface area contributed by atoms with Crippen molar-refractivity contribution >= 4 is 11.7 Å². The molecule has 0 aliphatic heterocycles. The number of alkyl halides is 1. The average Bonchev–Trinajstić information content (AvgIpc) is 2.77. The summed E-state index contributed by atoms with van der Waals surface area (Å²) in [5, 5.41) is 14.6. The summed E-state index contributed by atoms with van der Waals surface area (Å²) in [7, 11) is 1.78. The zero-order valence-corrected chi connectivity index (χ0v) is 9.62. The number of nitrogens with zero attached hydrogens (tertiary/aromatic N) is 5. The van der Waals surface area contributed by atoms with Crippen molar-refractivity contribution in [3.63, 3.8) is 0 Å². The Balaban J connectivity index is 1.71. The SMILES string of the molecule is Cn1cc(-n2ncc(NC(=O)[C@@H]3C[C@@H]3F)n2)cn1. The molecule has 1 N–H and O–H groups in total. The fourth-order valence-electron chi connectivity index (χ4n) is 1.61. The van der Waals surface area contributed by atoms with Gasteiger partial charge in [0.15, 0.2) is 5.82 Å². The zero-order valence-electron chi connectivity index (χ0n) is 9.62. The molecule has 2 atom stereocenters. The Labute approximate surface area is 102 Å². The van der Waals surface area contributed by atoms with Gasteiger partial charge in [0, 0.05) is 7.05 Å². The van der Waals surface area contributed by atoms with Crippen LogP contribution in [0, 0.1) is 5.92 Å². The first-order valence-corrected chi connectivity index (χ1v) is 5.50. The van der Waals surface area contributed by atoms with Crippen LogP contribution in [0.15, 0.2) is 18.6 Å². The van der Waals surface area contributed by atoms with E-state index in [1.165, 1.54) is 11.0 Å². The first-order chi connectivity index (χ1) is 8.63. The van der Waals surface area contributed by atoms with Crippen LogP contribution in [0.2, 0.25) is 0 Å². The van der Waals surface area contributed by atoms with Gasteiger partial charge in [0.2, 0.25) is 5.91 Å². The van der Waals surface area contributed by atoms with Gasteiger partial charge in [-0.15, -0.1) is 9.90 Å². The molecule has 1 fully saturated rings. The number of carbonyl (C=O) groups excluding carboxylic acids is 1. The van der Waals surface area contributed by atoms with Crippen LogP contribution in [0.1, 0.15) is 6.42 Å². The predicted octanol–water partition coefficient (Wildman–Crippen LogP) is 0.297. The highest BCUT2D eigenvalue weighted by Crippen LogP contribution is 2.34. The molecule has 0 radical (unpaired) electrons. The van der Waals surface area contributed by atoms with Gasteiger partial charge in [-0.3, -0.25) is 9.48 Å². The maximum atomic E-state index is 12.7. The first kappa shape index (κ1) is 10.9. The number of carbonyl (C=O) groups is 1.